The highest BCUT2D eigenvalue weighted by Gasteiger charge is 2.14. The van der Waals surface area contributed by atoms with Crippen molar-refractivity contribution in [2.45, 2.75) is 0 Å². The molecule has 0 atom stereocenters. The molecule has 1 aromatic heterocycles. The van der Waals surface area contributed by atoms with Crippen molar-refractivity contribution < 1.29 is 9.59 Å². The van der Waals surface area contributed by atoms with Crippen LogP contribution in [0.5, 0.6) is 0 Å². The van der Waals surface area contributed by atoms with Crippen LogP contribution in [-0.2, 0) is 7.05 Å². The molecule has 0 saturated carbocycles. The summed E-state index contributed by atoms with van der Waals surface area (Å²) >= 11 is 0. The third-order valence-electron chi connectivity index (χ3n) is 4.68. The molecule has 4 rings (SSSR count). The summed E-state index contributed by atoms with van der Waals surface area (Å²) in [6, 6.07) is 24.3. The van der Waals surface area contributed by atoms with Crippen molar-refractivity contribution in [1.29, 1.82) is 0 Å². The Morgan fingerprint density at radius 1 is 0.793 bits per heavy atom. The van der Waals surface area contributed by atoms with E-state index >= 15 is 0 Å². The van der Waals surface area contributed by atoms with Crippen LogP contribution in [-0.4, -0.2) is 21.2 Å². The number of hydrogen-bond acceptors (Lipinski definition) is 3. The van der Waals surface area contributed by atoms with Crippen LogP contribution in [0, 0.1) is 0 Å². The number of aryl methyl sites for hydroxylation is 1. The van der Waals surface area contributed by atoms with Gasteiger partial charge in [0.05, 0.1) is 0 Å². The minimum atomic E-state index is -0.201. The van der Waals surface area contributed by atoms with Crippen molar-refractivity contribution in [1.82, 2.24) is 9.55 Å². The van der Waals surface area contributed by atoms with Gasteiger partial charge in [-0.15, -0.1) is 0 Å². The highest BCUT2D eigenvalue weighted by Crippen LogP contribution is 2.20. The Morgan fingerprint density at radius 3 is 2.03 bits per heavy atom. The van der Waals surface area contributed by atoms with E-state index in [0.29, 0.717) is 22.6 Å². The second-order valence-corrected chi connectivity index (χ2v) is 6.67. The minimum Gasteiger partial charge on any atom is -0.331 e. The van der Waals surface area contributed by atoms with Crippen LogP contribution in [0.4, 0.5) is 5.69 Å². The average Bonchev–Trinajstić information content (AvgIpc) is 3.20. The van der Waals surface area contributed by atoms with Crippen LogP contribution in [0.3, 0.4) is 0 Å². The predicted octanol–water partition coefficient (Wildman–Crippen LogP) is 4.57. The highest BCUT2D eigenvalue weighted by atomic mass is 16.1. The molecule has 142 valence electrons. The summed E-state index contributed by atoms with van der Waals surface area (Å²) in [5.74, 6) is 0.0139. The van der Waals surface area contributed by atoms with Crippen LogP contribution < -0.4 is 5.32 Å². The third-order valence-corrected chi connectivity index (χ3v) is 4.68. The number of aromatic nitrogens is 2. The number of benzene rings is 3. The van der Waals surface area contributed by atoms with Crippen LogP contribution >= 0.6 is 0 Å². The molecule has 0 aliphatic heterocycles. The van der Waals surface area contributed by atoms with E-state index in [2.05, 4.69) is 10.3 Å². The van der Waals surface area contributed by atoms with E-state index in [0.717, 1.165) is 11.1 Å². The van der Waals surface area contributed by atoms with E-state index in [4.69, 9.17) is 0 Å². The van der Waals surface area contributed by atoms with Gasteiger partial charge in [0.25, 0.3) is 5.91 Å². The molecule has 0 aliphatic rings. The first-order valence-electron chi connectivity index (χ1n) is 9.21. The van der Waals surface area contributed by atoms with Gasteiger partial charge >= 0.3 is 0 Å². The average molecular weight is 381 g/mol. The Labute approximate surface area is 168 Å². The molecule has 0 bridgehead atoms. The SMILES string of the molecule is Cn1ccnc1C(=O)c1ccc(NC(=O)c2ccc(-c3ccccc3)cc2)cc1. The molecule has 1 amide bonds. The van der Waals surface area contributed by atoms with Crippen LogP contribution in [0.1, 0.15) is 26.5 Å². The molecule has 1 N–H and O–H groups in total. The van der Waals surface area contributed by atoms with Gasteiger partial charge in [-0.25, -0.2) is 4.98 Å². The Kier molecular flexibility index (Phi) is 5.03. The third kappa shape index (κ3) is 3.99. The quantitative estimate of drug-likeness (QED) is 0.515. The van der Waals surface area contributed by atoms with Gasteiger partial charge in [0, 0.05) is 36.3 Å². The number of carbonyl (C=O) groups excluding carboxylic acids is 2. The van der Waals surface area contributed by atoms with Gasteiger partial charge in [-0.05, 0) is 47.5 Å². The predicted molar refractivity (Wildman–Crippen MR) is 113 cm³/mol. The fourth-order valence-electron chi connectivity index (χ4n) is 3.07. The van der Waals surface area contributed by atoms with Crippen molar-refractivity contribution in [2.24, 2.45) is 7.05 Å². The largest absolute Gasteiger partial charge is 0.331 e. The number of amides is 1. The first kappa shape index (κ1) is 18.4. The zero-order chi connectivity index (χ0) is 20.2. The molecule has 5 heteroatoms. The fraction of sp³-hybridized carbons (Fsp3) is 0.0417. The zero-order valence-electron chi connectivity index (χ0n) is 15.9. The van der Waals surface area contributed by atoms with Crippen molar-refractivity contribution in [3.63, 3.8) is 0 Å². The summed E-state index contributed by atoms with van der Waals surface area (Å²) < 4.78 is 1.68. The topological polar surface area (TPSA) is 64.0 Å². The van der Waals surface area contributed by atoms with E-state index in [1.165, 1.54) is 0 Å². The Bertz CT molecular complexity index is 1140. The number of ketones is 1. The number of nitrogens with one attached hydrogen (secondary N) is 1. The molecule has 0 saturated heterocycles. The highest BCUT2D eigenvalue weighted by molar-refractivity contribution is 6.07. The first-order chi connectivity index (χ1) is 14.1. The normalized spacial score (nSPS) is 10.5. The zero-order valence-corrected chi connectivity index (χ0v) is 15.9. The van der Waals surface area contributed by atoms with Crippen LogP contribution in [0.25, 0.3) is 11.1 Å². The number of hydrogen-bond donors (Lipinski definition) is 1. The molecule has 29 heavy (non-hydrogen) atoms. The smallest absolute Gasteiger partial charge is 0.255 e. The number of rotatable bonds is 5. The lowest BCUT2D eigenvalue weighted by Gasteiger charge is -2.08. The summed E-state index contributed by atoms with van der Waals surface area (Å²) in [5.41, 5.74) is 3.87. The monoisotopic (exact) mass is 381 g/mol. The molecule has 1 heterocycles. The molecular weight excluding hydrogens is 362 g/mol. The number of imidazole rings is 1. The molecule has 3 aromatic carbocycles. The Hall–Kier alpha value is -3.99. The van der Waals surface area contributed by atoms with E-state index in [1.807, 2.05) is 42.5 Å². The summed E-state index contributed by atoms with van der Waals surface area (Å²) in [5, 5.41) is 2.86. The van der Waals surface area contributed by atoms with Gasteiger partial charge in [0.1, 0.15) is 0 Å². The number of carbonyl (C=O) groups is 2. The van der Waals surface area contributed by atoms with Gasteiger partial charge in [0.15, 0.2) is 5.82 Å². The lowest BCUT2D eigenvalue weighted by atomic mass is 10.0. The van der Waals surface area contributed by atoms with E-state index in [1.54, 1.807) is 60.4 Å². The molecule has 4 aromatic rings. The van der Waals surface area contributed by atoms with Gasteiger partial charge in [0.2, 0.25) is 5.78 Å². The van der Waals surface area contributed by atoms with Gasteiger partial charge in [-0.1, -0.05) is 42.5 Å². The lowest BCUT2D eigenvalue weighted by Crippen LogP contribution is -2.12. The maximum absolute atomic E-state index is 12.5. The van der Waals surface area contributed by atoms with Gasteiger partial charge in [-0.2, -0.15) is 0 Å². The molecule has 0 unspecified atom stereocenters. The lowest BCUT2D eigenvalue weighted by molar-refractivity contribution is 0.102. The van der Waals surface area contributed by atoms with E-state index in [-0.39, 0.29) is 11.7 Å². The molecule has 5 nitrogen and oxygen atoms in total. The first-order valence-corrected chi connectivity index (χ1v) is 9.21. The van der Waals surface area contributed by atoms with Crippen LogP contribution in [0.2, 0.25) is 0 Å². The number of anilines is 1. The molecule has 0 spiro atoms. The van der Waals surface area contributed by atoms with Gasteiger partial charge < -0.3 is 9.88 Å². The van der Waals surface area contributed by atoms with Crippen molar-refractivity contribution >= 4 is 17.4 Å². The Balaban J connectivity index is 1.44. The summed E-state index contributed by atoms with van der Waals surface area (Å²) in [6.45, 7) is 0. The summed E-state index contributed by atoms with van der Waals surface area (Å²) in [6.07, 6.45) is 3.32. The summed E-state index contributed by atoms with van der Waals surface area (Å²) in [4.78, 5) is 29.1. The minimum absolute atomic E-state index is 0.160. The number of nitrogens with zero attached hydrogens (tertiary/aromatic N) is 2. The molecule has 0 fully saturated rings. The van der Waals surface area contributed by atoms with Crippen molar-refractivity contribution in [3.8, 4) is 11.1 Å². The fourth-order valence-corrected chi connectivity index (χ4v) is 3.07. The maximum Gasteiger partial charge on any atom is 0.255 e. The van der Waals surface area contributed by atoms with Crippen molar-refractivity contribution in [3.05, 3.63) is 108 Å². The van der Waals surface area contributed by atoms with E-state index in [9.17, 15) is 9.59 Å². The van der Waals surface area contributed by atoms with Gasteiger partial charge in [-0.3, -0.25) is 9.59 Å². The molecular formula is C24H19N3O2. The molecule has 0 radical (unpaired) electrons. The molecule has 0 aliphatic carbocycles. The van der Waals surface area contributed by atoms with E-state index < -0.39 is 0 Å². The second kappa shape index (κ2) is 7.94. The standard InChI is InChI=1S/C24H19N3O2/c1-27-16-15-25-23(27)22(28)19-11-13-21(14-12-19)26-24(29)20-9-7-18(8-10-20)17-5-3-2-4-6-17/h2-16H,1H3,(H,26,29). The second-order valence-electron chi connectivity index (χ2n) is 6.67. The summed E-state index contributed by atoms with van der Waals surface area (Å²) in [7, 11) is 1.78. The van der Waals surface area contributed by atoms with Crippen LogP contribution in [0.15, 0.2) is 91.3 Å². The maximum atomic E-state index is 12.5. The van der Waals surface area contributed by atoms with Crippen molar-refractivity contribution in [2.75, 3.05) is 5.32 Å². The Morgan fingerprint density at radius 2 is 1.41 bits per heavy atom.